The number of anilines is 1. The quantitative estimate of drug-likeness (QED) is 0.478. The van der Waals surface area contributed by atoms with Crippen LogP contribution >= 0.6 is 11.3 Å². The molecule has 3 aromatic heterocycles. The summed E-state index contributed by atoms with van der Waals surface area (Å²) in [6, 6.07) is 11.0. The number of benzene rings is 1. The molecule has 4 rings (SSSR count). The number of rotatable bonds is 5. The predicted octanol–water partition coefficient (Wildman–Crippen LogP) is 4.13. The molecule has 3 heterocycles. The van der Waals surface area contributed by atoms with Gasteiger partial charge in [-0.05, 0) is 57.5 Å². The van der Waals surface area contributed by atoms with Crippen molar-refractivity contribution in [3.05, 3.63) is 71.2 Å². The summed E-state index contributed by atoms with van der Waals surface area (Å²) >= 11 is 1.24. The fraction of sp³-hybridized carbons (Fsp3) is 0.261. The number of nitrogens with zero attached hydrogens (tertiary/aromatic N) is 4. The Balaban J connectivity index is 1.63. The zero-order valence-electron chi connectivity index (χ0n) is 18.3. The molecule has 0 aliphatic rings. The minimum absolute atomic E-state index is 0.250. The van der Waals surface area contributed by atoms with E-state index in [0.717, 1.165) is 11.1 Å². The number of aryl methyl sites for hydroxylation is 1. The average Bonchev–Trinajstić information content (AvgIpc) is 3.31. The lowest BCUT2D eigenvalue weighted by atomic mass is 10.1. The molecule has 0 bridgehead atoms. The number of amides is 2. The summed E-state index contributed by atoms with van der Waals surface area (Å²) in [5.41, 5.74) is 3.02. The van der Waals surface area contributed by atoms with Gasteiger partial charge in [0.1, 0.15) is 4.70 Å². The van der Waals surface area contributed by atoms with Crippen LogP contribution in [0.15, 0.2) is 48.8 Å². The number of carbonyl (C=O) groups is 2. The van der Waals surface area contributed by atoms with E-state index in [4.69, 9.17) is 0 Å². The van der Waals surface area contributed by atoms with E-state index in [1.54, 1.807) is 29.2 Å². The van der Waals surface area contributed by atoms with Gasteiger partial charge in [0.05, 0.1) is 5.54 Å². The van der Waals surface area contributed by atoms with E-state index in [9.17, 15) is 9.59 Å². The molecule has 2 N–H and O–H groups in total. The standard InChI is InChI=1S/C23H24N6O2S/c1-14-5-7-16(8-6-14)20(30)27-22-26-19-18(32-22)17(28-29(19)23(2,3)4)21(31)25-13-15-9-11-24-12-10-15/h5-12H,13H2,1-4H3,(H,25,31)(H,26,27,30). The number of carbonyl (C=O) groups excluding carboxylic acids is 2. The van der Waals surface area contributed by atoms with Crippen LogP contribution < -0.4 is 10.6 Å². The fourth-order valence-electron chi connectivity index (χ4n) is 3.11. The highest BCUT2D eigenvalue weighted by Gasteiger charge is 2.27. The molecule has 0 unspecified atom stereocenters. The molecule has 0 aliphatic carbocycles. The predicted molar refractivity (Wildman–Crippen MR) is 125 cm³/mol. The molecule has 9 heteroatoms. The second kappa shape index (κ2) is 8.51. The molecule has 0 spiro atoms. The third kappa shape index (κ3) is 4.52. The Bertz CT molecular complexity index is 1270. The highest BCUT2D eigenvalue weighted by molar-refractivity contribution is 7.22. The van der Waals surface area contributed by atoms with E-state index in [0.29, 0.717) is 27.6 Å². The van der Waals surface area contributed by atoms with Gasteiger partial charge in [-0.3, -0.25) is 19.9 Å². The number of fused-ring (bicyclic) bond motifs is 1. The first kappa shape index (κ1) is 21.6. The zero-order valence-corrected chi connectivity index (χ0v) is 19.2. The molecule has 2 amide bonds. The maximum absolute atomic E-state index is 12.9. The first-order chi connectivity index (χ1) is 15.2. The Kier molecular flexibility index (Phi) is 5.75. The molecule has 1 aromatic carbocycles. The summed E-state index contributed by atoms with van der Waals surface area (Å²) < 4.78 is 2.35. The summed E-state index contributed by atoms with van der Waals surface area (Å²) in [5, 5.41) is 10.7. The number of nitrogens with one attached hydrogen (secondary N) is 2. The van der Waals surface area contributed by atoms with Gasteiger partial charge >= 0.3 is 0 Å². The third-order valence-electron chi connectivity index (χ3n) is 4.81. The molecular formula is C23H24N6O2S. The Labute approximate surface area is 189 Å². The Morgan fingerprint density at radius 3 is 2.38 bits per heavy atom. The monoisotopic (exact) mass is 448 g/mol. The van der Waals surface area contributed by atoms with E-state index >= 15 is 0 Å². The van der Waals surface area contributed by atoms with Crippen molar-refractivity contribution in [1.82, 2.24) is 25.1 Å². The Hall–Kier alpha value is -3.59. The van der Waals surface area contributed by atoms with E-state index in [1.807, 2.05) is 52.0 Å². The van der Waals surface area contributed by atoms with Gasteiger partial charge in [0.15, 0.2) is 16.5 Å². The Morgan fingerprint density at radius 1 is 1.03 bits per heavy atom. The minimum Gasteiger partial charge on any atom is -0.347 e. The number of hydrogen-bond donors (Lipinski definition) is 2. The smallest absolute Gasteiger partial charge is 0.273 e. The van der Waals surface area contributed by atoms with Crippen LogP contribution in [0.5, 0.6) is 0 Å². The van der Waals surface area contributed by atoms with Gasteiger partial charge in [-0.15, -0.1) is 0 Å². The summed E-state index contributed by atoms with van der Waals surface area (Å²) in [7, 11) is 0. The topological polar surface area (TPSA) is 102 Å². The van der Waals surface area contributed by atoms with Gasteiger partial charge in [-0.2, -0.15) is 10.1 Å². The van der Waals surface area contributed by atoms with Gasteiger partial charge in [0.2, 0.25) is 0 Å². The normalized spacial score (nSPS) is 11.5. The molecule has 0 saturated carbocycles. The summed E-state index contributed by atoms with van der Waals surface area (Å²) in [6.07, 6.45) is 3.36. The zero-order chi connectivity index (χ0) is 22.9. The maximum atomic E-state index is 12.9. The van der Waals surface area contributed by atoms with Crippen LogP contribution in [0.1, 0.15) is 52.7 Å². The van der Waals surface area contributed by atoms with Gasteiger partial charge in [-0.25, -0.2) is 4.68 Å². The lowest BCUT2D eigenvalue weighted by Gasteiger charge is -2.19. The highest BCUT2D eigenvalue weighted by Crippen LogP contribution is 2.32. The van der Waals surface area contributed by atoms with E-state index in [-0.39, 0.29) is 17.5 Å². The number of hydrogen-bond acceptors (Lipinski definition) is 6. The van der Waals surface area contributed by atoms with E-state index < -0.39 is 5.54 Å². The van der Waals surface area contributed by atoms with Crippen LogP contribution in [0.4, 0.5) is 5.13 Å². The van der Waals surface area contributed by atoms with Gasteiger partial charge in [-0.1, -0.05) is 29.0 Å². The van der Waals surface area contributed by atoms with E-state index in [1.165, 1.54) is 11.3 Å². The number of aromatic nitrogens is 4. The third-order valence-corrected chi connectivity index (χ3v) is 5.78. The largest absolute Gasteiger partial charge is 0.347 e. The summed E-state index contributed by atoms with van der Waals surface area (Å²) in [5.74, 6) is -0.546. The second-order valence-electron chi connectivity index (χ2n) is 8.46. The van der Waals surface area contributed by atoms with Crippen LogP contribution in [-0.2, 0) is 12.1 Å². The van der Waals surface area contributed by atoms with Crippen LogP contribution in [0.25, 0.3) is 10.3 Å². The number of thiazole rings is 1. The van der Waals surface area contributed by atoms with Crippen molar-refractivity contribution < 1.29 is 9.59 Å². The van der Waals surface area contributed by atoms with Crippen molar-refractivity contribution in [3.8, 4) is 0 Å². The first-order valence-electron chi connectivity index (χ1n) is 10.2. The van der Waals surface area contributed by atoms with Crippen molar-refractivity contribution >= 4 is 38.6 Å². The SMILES string of the molecule is Cc1ccc(C(=O)Nc2nc3c(s2)c(C(=O)NCc2ccncc2)nn3C(C)(C)C)cc1. The molecule has 8 nitrogen and oxygen atoms in total. The molecule has 32 heavy (non-hydrogen) atoms. The van der Waals surface area contributed by atoms with Crippen molar-refractivity contribution in [1.29, 1.82) is 0 Å². The second-order valence-corrected chi connectivity index (χ2v) is 9.46. The van der Waals surface area contributed by atoms with Crippen LogP contribution in [0.3, 0.4) is 0 Å². The number of pyridine rings is 1. The van der Waals surface area contributed by atoms with Gasteiger partial charge in [0.25, 0.3) is 11.8 Å². The molecule has 0 fully saturated rings. The molecular weight excluding hydrogens is 424 g/mol. The van der Waals surface area contributed by atoms with Crippen molar-refractivity contribution in [2.75, 3.05) is 5.32 Å². The highest BCUT2D eigenvalue weighted by atomic mass is 32.1. The van der Waals surface area contributed by atoms with Gasteiger partial charge in [0, 0.05) is 24.5 Å². The minimum atomic E-state index is -0.395. The summed E-state index contributed by atoms with van der Waals surface area (Å²) in [6.45, 7) is 8.29. The first-order valence-corrected chi connectivity index (χ1v) is 11.0. The van der Waals surface area contributed by atoms with Crippen LogP contribution in [-0.4, -0.2) is 31.6 Å². The lowest BCUT2D eigenvalue weighted by Crippen LogP contribution is -2.26. The molecule has 4 aromatic rings. The molecule has 0 saturated heterocycles. The van der Waals surface area contributed by atoms with E-state index in [2.05, 4.69) is 25.7 Å². The fourth-order valence-corrected chi connectivity index (χ4v) is 4.04. The Morgan fingerprint density at radius 2 is 1.72 bits per heavy atom. The molecule has 0 radical (unpaired) electrons. The summed E-state index contributed by atoms with van der Waals surface area (Å²) in [4.78, 5) is 34.1. The van der Waals surface area contributed by atoms with Crippen molar-refractivity contribution in [2.24, 2.45) is 0 Å². The van der Waals surface area contributed by atoms with Crippen molar-refractivity contribution in [3.63, 3.8) is 0 Å². The maximum Gasteiger partial charge on any atom is 0.273 e. The average molecular weight is 449 g/mol. The van der Waals surface area contributed by atoms with Crippen LogP contribution in [0.2, 0.25) is 0 Å². The van der Waals surface area contributed by atoms with Gasteiger partial charge < -0.3 is 5.32 Å². The molecule has 0 atom stereocenters. The van der Waals surface area contributed by atoms with Crippen molar-refractivity contribution in [2.45, 2.75) is 39.8 Å². The lowest BCUT2D eigenvalue weighted by molar-refractivity contribution is 0.0945. The molecule has 164 valence electrons. The molecule has 0 aliphatic heterocycles. The van der Waals surface area contributed by atoms with Crippen LogP contribution in [0, 0.1) is 6.92 Å².